The zero-order valence-electron chi connectivity index (χ0n) is 8.36. The molecule has 1 N–H and O–H groups in total. The first-order chi connectivity index (χ1) is 6.75. The average molecular weight is 212 g/mol. The average Bonchev–Trinajstić information content (AvgIpc) is 2.19. The van der Waals surface area contributed by atoms with E-state index in [4.69, 9.17) is 0 Å². The van der Waals surface area contributed by atoms with Crippen molar-refractivity contribution in [2.45, 2.75) is 31.2 Å². The van der Waals surface area contributed by atoms with Crippen molar-refractivity contribution in [2.24, 2.45) is 0 Å². The van der Waals surface area contributed by atoms with Gasteiger partial charge in [-0.1, -0.05) is 13.3 Å². The van der Waals surface area contributed by atoms with Crippen LogP contribution in [-0.2, 0) is 0 Å². The Hall–Kier alpha value is -0.900. The molecule has 14 heavy (non-hydrogen) atoms. The highest BCUT2D eigenvalue weighted by Crippen LogP contribution is 2.05. The van der Waals surface area contributed by atoms with Crippen molar-refractivity contribution in [3.63, 3.8) is 0 Å². The van der Waals surface area contributed by atoms with E-state index >= 15 is 0 Å². The first-order valence-corrected chi connectivity index (χ1v) is 5.36. The minimum atomic E-state index is 0.422. The van der Waals surface area contributed by atoms with Gasteiger partial charge in [-0.05, 0) is 25.0 Å². The molecule has 0 aliphatic heterocycles. The quantitative estimate of drug-likeness (QED) is 0.340. The Bertz CT molecular complexity index is 291. The molecule has 1 heterocycles. The molecule has 0 amide bonds. The second-order valence-electron chi connectivity index (χ2n) is 3.20. The molecule has 0 fully saturated rings. The van der Waals surface area contributed by atoms with E-state index in [1.54, 1.807) is 12.1 Å². The summed E-state index contributed by atoms with van der Waals surface area (Å²) in [5.74, 6) is 0.577. The Kier molecular flexibility index (Phi) is 4.59. The lowest BCUT2D eigenvalue weighted by atomic mass is 10.2. The lowest BCUT2D eigenvalue weighted by molar-refractivity contribution is -0.630. The fraction of sp³-hybridized carbons (Fsp3) is 0.500. The molecule has 1 aromatic rings. The van der Waals surface area contributed by atoms with Crippen molar-refractivity contribution in [3.8, 4) is 0 Å². The maximum atomic E-state index is 11.4. The van der Waals surface area contributed by atoms with Crippen LogP contribution in [-0.4, -0.2) is 6.54 Å². The summed E-state index contributed by atoms with van der Waals surface area (Å²) in [6.45, 7) is 3.00. The summed E-state index contributed by atoms with van der Waals surface area (Å²) in [5.41, 5.74) is 0. The van der Waals surface area contributed by atoms with E-state index in [2.05, 4.69) is 24.9 Å². The molecule has 0 saturated heterocycles. The first kappa shape index (κ1) is 11.2. The topological polar surface area (TPSA) is 39.0 Å². The van der Waals surface area contributed by atoms with Crippen molar-refractivity contribution >= 4 is 18.4 Å². The highest BCUT2D eigenvalue weighted by molar-refractivity contribution is 7.80. The van der Waals surface area contributed by atoms with Crippen LogP contribution in [0.3, 0.4) is 0 Å². The molecule has 0 atom stereocenters. The van der Waals surface area contributed by atoms with Crippen LogP contribution in [0.2, 0.25) is 0 Å². The van der Waals surface area contributed by atoms with E-state index < -0.39 is 0 Å². The van der Waals surface area contributed by atoms with Crippen LogP contribution in [0.25, 0.3) is 0 Å². The minimum Gasteiger partial charge on any atom is -0.710 e. The third-order valence-corrected chi connectivity index (χ3v) is 2.34. The van der Waals surface area contributed by atoms with Crippen LogP contribution in [0, 0.1) is 5.21 Å². The maximum absolute atomic E-state index is 11.4. The summed E-state index contributed by atoms with van der Waals surface area (Å²) in [4.78, 5) is 0. The van der Waals surface area contributed by atoms with Gasteiger partial charge in [0.05, 0.1) is 6.54 Å². The van der Waals surface area contributed by atoms with Crippen molar-refractivity contribution in [3.05, 3.63) is 23.4 Å². The summed E-state index contributed by atoms with van der Waals surface area (Å²) < 4.78 is 0.801. The maximum Gasteiger partial charge on any atom is 0.278 e. The van der Waals surface area contributed by atoms with E-state index in [1.165, 1.54) is 12.8 Å². The van der Waals surface area contributed by atoms with E-state index in [1.807, 2.05) is 6.07 Å². The van der Waals surface area contributed by atoms with Crippen molar-refractivity contribution in [2.75, 3.05) is 11.9 Å². The van der Waals surface area contributed by atoms with E-state index in [-0.39, 0.29) is 0 Å². The van der Waals surface area contributed by atoms with Gasteiger partial charge in [-0.3, -0.25) is 5.32 Å². The number of pyridine rings is 1. The fourth-order valence-electron chi connectivity index (χ4n) is 1.21. The summed E-state index contributed by atoms with van der Waals surface area (Å²) in [5, 5.41) is 14.9. The standard InChI is InChI=1S/C10H16N2OS/c1-2-3-4-8-11-9-6-5-7-10(14)12(9)13/h5-7,11,14H,2-4,8H2,1H3. The molecule has 0 unspecified atom stereocenters. The highest BCUT2D eigenvalue weighted by Gasteiger charge is 2.03. The molecule has 0 saturated carbocycles. The molecule has 4 heteroatoms. The second-order valence-corrected chi connectivity index (χ2v) is 3.66. The van der Waals surface area contributed by atoms with Crippen LogP contribution in [0.1, 0.15) is 26.2 Å². The van der Waals surface area contributed by atoms with Gasteiger partial charge >= 0.3 is 0 Å². The predicted molar refractivity (Wildman–Crippen MR) is 60.7 cm³/mol. The van der Waals surface area contributed by atoms with Gasteiger partial charge in [-0.25, -0.2) is 4.73 Å². The highest BCUT2D eigenvalue weighted by atomic mass is 32.1. The van der Waals surface area contributed by atoms with Crippen molar-refractivity contribution < 1.29 is 4.73 Å². The Balaban J connectivity index is 2.46. The molecule has 1 rings (SSSR count). The number of nitrogens with one attached hydrogen (secondary N) is 1. The van der Waals surface area contributed by atoms with Gasteiger partial charge in [0, 0.05) is 6.07 Å². The van der Waals surface area contributed by atoms with Crippen LogP contribution < -0.4 is 10.0 Å². The monoisotopic (exact) mass is 212 g/mol. The number of aromatic nitrogens is 1. The number of anilines is 1. The van der Waals surface area contributed by atoms with Crippen LogP contribution in [0.5, 0.6) is 0 Å². The zero-order chi connectivity index (χ0) is 10.4. The Morgan fingerprint density at radius 3 is 2.93 bits per heavy atom. The predicted octanol–water partition coefficient (Wildman–Crippen LogP) is 2.21. The molecule has 0 aromatic carbocycles. The van der Waals surface area contributed by atoms with Crippen molar-refractivity contribution in [1.29, 1.82) is 0 Å². The number of nitrogens with zero attached hydrogens (tertiary/aromatic N) is 1. The molecular formula is C10H16N2OS. The van der Waals surface area contributed by atoms with Gasteiger partial charge in [0.15, 0.2) is 5.03 Å². The number of thiol groups is 1. The minimum absolute atomic E-state index is 0.422. The van der Waals surface area contributed by atoms with Crippen LogP contribution in [0.4, 0.5) is 5.82 Å². The van der Waals surface area contributed by atoms with E-state index in [9.17, 15) is 5.21 Å². The number of unbranched alkanes of at least 4 members (excludes halogenated alkanes) is 2. The van der Waals surface area contributed by atoms with Gasteiger partial charge in [-0.2, -0.15) is 0 Å². The fourth-order valence-corrected chi connectivity index (χ4v) is 1.40. The summed E-state index contributed by atoms with van der Waals surface area (Å²) >= 11 is 4.04. The van der Waals surface area contributed by atoms with Gasteiger partial charge in [0.2, 0.25) is 0 Å². The number of rotatable bonds is 5. The number of hydrogen-bond acceptors (Lipinski definition) is 3. The normalized spacial score (nSPS) is 10.1. The summed E-state index contributed by atoms with van der Waals surface area (Å²) in [6.07, 6.45) is 3.46. The molecule has 0 bridgehead atoms. The van der Waals surface area contributed by atoms with Gasteiger partial charge in [0.1, 0.15) is 0 Å². The number of hydrogen-bond donors (Lipinski definition) is 2. The molecule has 0 spiro atoms. The smallest absolute Gasteiger partial charge is 0.278 e. The third kappa shape index (κ3) is 3.10. The molecule has 1 aromatic heterocycles. The van der Waals surface area contributed by atoms with Gasteiger partial charge in [0.25, 0.3) is 5.82 Å². The van der Waals surface area contributed by atoms with Gasteiger partial charge in [-0.15, -0.1) is 12.6 Å². The lowest BCUT2D eigenvalue weighted by Gasteiger charge is -2.10. The Morgan fingerprint density at radius 2 is 2.21 bits per heavy atom. The molecule has 0 aliphatic carbocycles. The Morgan fingerprint density at radius 1 is 1.43 bits per heavy atom. The summed E-state index contributed by atoms with van der Waals surface area (Å²) in [6, 6.07) is 5.25. The molecule has 0 radical (unpaired) electrons. The SMILES string of the molecule is CCCCCNc1cccc(S)[n+]1[O-]. The zero-order valence-corrected chi connectivity index (χ0v) is 9.26. The molecule has 0 aliphatic rings. The van der Waals surface area contributed by atoms with Crippen LogP contribution in [0.15, 0.2) is 23.2 Å². The molecule has 3 nitrogen and oxygen atoms in total. The van der Waals surface area contributed by atoms with E-state index in [0.717, 1.165) is 17.7 Å². The molecule has 78 valence electrons. The van der Waals surface area contributed by atoms with Gasteiger partial charge < -0.3 is 5.21 Å². The Labute approximate surface area is 90.1 Å². The van der Waals surface area contributed by atoms with E-state index in [0.29, 0.717) is 10.8 Å². The first-order valence-electron chi connectivity index (χ1n) is 4.91. The van der Waals surface area contributed by atoms with Crippen molar-refractivity contribution in [1.82, 2.24) is 0 Å². The lowest BCUT2D eigenvalue weighted by Crippen LogP contribution is -2.32. The molecular weight excluding hydrogens is 196 g/mol. The largest absolute Gasteiger partial charge is 0.710 e. The van der Waals surface area contributed by atoms with Crippen LogP contribution >= 0.6 is 12.6 Å². The summed E-state index contributed by atoms with van der Waals surface area (Å²) in [7, 11) is 0. The second kappa shape index (κ2) is 5.75. The third-order valence-electron chi connectivity index (χ3n) is 2.01.